The van der Waals surface area contributed by atoms with Crippen LogP contribution in [0.5, 0.6) is 0 Å². The second kappa shape index (κ2) is 13.4. The van der Waals surface area contributed by atoms with Crippen molar-refractivity contribution in [3.8, 4) is 0 Å². The van der Waals surface area contributed by atoms with Gasteiger partial charge >= 0.3 is 18.0 Å². The van der Waals surface area contributed by atoms with Gasteiger partial charge in [-0.2, -0.15) is 8.42 Å². The normalized spacial score (nSPS) is 13.6. The Morgan fingerprint density at radius 3 is 2.00 bits per heavy atom. The van der Waals surface area contributed by atoms with Crippen LogP contribution in [-0.4, -0.2) is 71.6 Å². The predicted molar refractivity (Wildman–Crippen MR) is 125 cm³/mol. The number of aryl methyl sites for hydroxylation is 1. The topological polar surface area (TPSA) is 144 Å². The molecule has 0 heterocycles. The van der Waals surface area contributed by atoms with Gasteiger partial charge in [-0.1, -0.05) is 17.7 Å². The maximum Gasteiger partial charge on any atom is 0.407 e. The summed E-state index contributed by atoms with van der Waals surface area (Å²) in [5.41, 5.74) is 0.0937. The Morgan fingerprint density at radius 2 is 1.51 bits per heavy atom. The fraction of sp³-hybridized carbons (Fsp3) is 0.609. The summed E-state index contributed by atoms with van der Waals surface area (Å²) in [4.78, 5) is 36.9. The molecule has 198 valence electrons. The van der Waals surface area contributed by atoms with Gasteiger partial charge in [-0.3, -0.25) is 13.8 Å². The molecule has 0 aliphatic carbocycles. The second-order valence-electron chi connectivity index (χ2n) is 8.78. The van der Waals surface area contributed by atoms with Crippen LogP contribution < -0.4 is 5.32 Å². The molecule has 2 atom stereocenters. The number of carbonyl (C=O) groups excluding carboxylic acids is 3. The minimum atomic E-state index is -3.95. The zero-order valence-electron chi connectivity index (χ0n) is 21.2. The number of hydrogen-bond acceptors (Lipinski definition) is 10. The Bertz CT molecular complexity index is 938. The molecular formula is C23H35NO10S. The van der Waals surface area contributed by atoms with Crippen molar-refractivity contribution >= 4 is 28.1 Å². The van der Waals surface area contributed by atoms with Crippen molar-refractivity contribution in [2.45, 2.75) is 63.7 Å². The molecule has 35 heavy (non-hydrogen) atoms. The summed E-state index contributed by atoms with van der Waals surface area (Å²) in [7, 11) is -1.74. The van der Waals surface area contributed by atoms with Gasteiger partial charge in [0.1, 0.15) is 5.60 Å². The maximum atomic E-state index is 12.3. The van der Waals surface area contributed by atoms with Gasteiger partial charge in [-0.15, -0.1) is 0 Å². The van der Waals surface area contributed by atoms with Crippen LogP contribution in [0.2, 0.25) is 0 Å². The number of methoxy groups -OCH3 is 2. The van der Waals surface area contributed by atoms with Crippen molar-refractivity contribution in [2.24, 2.45) is 5.92 Å². The third-order valence-corrected chi connectivity index (χ3v) is 5.96. The van der Waals surface area contributed by atoms with Crippen molar-refractivity contribution in [3.63, 3.8) is 0 Å². The van der Waals surface area contributed by atoms with Gasteiger partial charge in [-0.25, -0.2) is 4.79 Å². The molecule has 1 rings (SSSR count). The lowest BCUT2D eigenvalue weighted by Gasteiger charge is -2.28. The summed E-state index contributed by atoms with van der Waals surface area (Å²) in [5.74, 6) is -3.28. The first-order chi connectivity index (χ1) is 16.2. The van der Waals surface area contributed by atoms with Gasteiger partial charge in [0.05, 0.1) is 44.5 Å². The van der Waals surface area contributed by atoms with E-state index >= 15 is 0 Å². The second-order valence-corrected chi connectivity index (χ2v) is 10.4. The third kappa shape index (κ3) is 10.6. The van der Waals surface area contributed by atoms with Gasteiger partial charge in [0, 0.05) is 0 Å². The van der Waals surface area contributed by atoms with Gasteiger partial charge in [-0.05, 0) is 53.2 Å². The molecule has 2 unspecified atom stereocenters. The van der Waals surface area contributed by atoms with Gasteiger partial charge in [0.15, 0.2) is 5.92 Å². The van der Waals surface area contributed by atoms with Crippen LogP contribution in [0.3, 0.4) is 0 Å². The van der Waals surface area contributed by atoms with Crippen LogP contribution in [-0.2, 0) is 42.8 Å². The molecule has 11 nitrogen and oxygen atoms in total. The highest BCUT2D eigenvalue weighted by molar-refractivity contribution is 7.86. The summed E-state index contributed by atoms with van der Waals surface area (Å²) in [6.45, 7) is 8.09. The van der Waals surface area contributed by atoms with Crippen LogP contribution in [0.15, 0.2) is 29.2 Å². The van der Waals surface area contributed by atoms with E-state index in [0.717, 1.165) is 19.8 Å². The molecule has 0 saturated heterocycles. The molecule has 0 bridgehead atoms. The highest BCUT2D eigenvalue weighted by atomic mass is 32.2. The summed E-state index contributed by atoms with van der Waals surface area (Å²) in [6.07, 6.45) is -1.49. The zero-order chi connectivity index (χ0) is 26.8. The summed E-state index contributed by atoms with van der Waals surface area (Å²) < 4.78 is 49.8. The van der Waals surface area contributed by atoms with Crippen molar-refractivity contribution in [1.82, 2.24) is 5.32 Å². The molecule has 0 radical (unpaired) electrons. The highest BCUT2D eigenvalue weighted by Gasteiger charge is 2.39. The van der Waals surface area contributed by atoms with Crippen molar-refractivity contribution in [1.29, 1.82) is 0 Å². The molecular weight excluding hydrogens is 482 g/mol. The largest absolute Gasteiger partial charge is 0.468 e. The van der Waals surface area contributed by atoms with E-state index in [1.54, 1.807) is 39.8 Å². The quantitative estimate of drug-likeness (QED) is 0.144. The predicted octanol–water partition coefficient (Wildman–Crippen LogP) is 2.35. The molecule has 0 spiro atoms. The average Bonchev–Trinajstić information content (AvgIpc) is 2.75. The standard InChI is InChI=1S/C23H35NO10S/c1-15-8-10-17(11-9-15)35(28,29)33-13-12-32-16(2)14-18(24-22(27)34-23(3,4)5)19(20(25)30-6)21(26)31-7/h8-11,16,18-19H,12-14H2,1-7H3,(H,24,27). The maximum absolute atomic E-state index is 12.3. The van der Waals surface area contributed by atoms with E-state index in [4.69, 9.17) is 23.1 Å². The van der Waals surface area contributed by atoms with Crippen LogP contribution >= 0.6 is 0 Å². The van der Waals surface area contributed by atoms with E-state index in [9.17, 15) is 22.8 Å². The fourth-order valence-corrected chi connectivity index (χ4v) is 3.90. The molecule has 0 aliphatic heterocycles. The summed E-state index contributed by atoms with van der Waals surface area (Å²) >= 11 is 0. The van der Waals surface area contributed by atoms with Crippen molar-refractivity contribution < 1.29 is 45.9 Å². The van der Waals surface area contributed by atoms with E-state index in [0.29, 0.717) is 0 Å². The van der Waals surface area contributed by atoms with E-state index in [1.165, 1.54) is 12.1 Å². The number of ether oxygens (including phenoxy) is 4. The zero-order valence-corrected chi connectivity index (χ0v) is 22.0. The molecule has 0 saturated carbocycles. The molecule has 0 aromatic heterocycles. The van der Waals surface area contributed by atoms with E-state index in [-0.39, 0.29) is 24.5 Å². The first-order valence-corrected chi connectivity index (χ1v) is 12.3. The molecule has 1 aromatic carbocycles. The van der Waals surface area contributed by atoms with Crippen LogP contribution in [0, 0.1) is 12.8 Å². The minimum absolute atomic E-state index is 0.0151. The molecule has 0 fully saturated rings. The smallest absolute Gasteiger partial charge is 0.407 e. The number of alkyl carbamates (subject to hydrolysis) is 1. The van der Waals surface area contributed by atoms with Crippen molar-refractivity contribution in [2.75, 3.05) is 27.4 Å². The number of benzene rings is 1. The number of hydrogen-bond donors (Lipinski definition) is 1. The monoisotopic (exact) mass is 517 g/mol. The molecule has 1 N–H and O–H groups in total. The van der Waals surface area contributed by atoms with Crippen LogP contribution in [0.4, 0.5) is 4.79 Å². The van der Waals surface area contributed by atoms with Gasteiger partial charge in [0.2, 0.25) is 0 Å². The molecule has 1 aromatic rings. The fourth-order valence-electron chi connectivity index (χ4n) is 3.01. The molecule has 0 aliphatic rings. The first-order valence-electron chi connectivity index (χ1n) is 10.9. The van der Waals surface area contributed by atoms with Crippen LogP contribution in [0.25, 0.3) is 0 Å². The van der Waals surface area contributed by atoms with E-state index < -0.39 is 51.8 Å². The van der Waals surface area contributed by atoms with Gasteiger partial charge in [0.25, 0.3) is 10.1 Å². The van der Waals surface area contributed by atoms with E-state index in [2.05, 4.69) is 5.32 Å². The first kappa shape index (κ1) is 30.3. The number of nitrogens with one attached hydrogen (secondary N) is 1. The summed E-state index contributed by atoms with van der Waals surface area (Å²) in [6, 6.07) is 5.12. The number of amides is 1. The molecule has 1 amide bonds. The third-order valence-electron chi connectivity index (χ3n) is 4.63. The SMILES string of the molecule is COC(=O)C(C(=O)OC)C(CC(C)OCCOS(=O)(=O)c1ccc(C)cc1)NC(=O)OC(C)(C)C. The average molecular weight is 518 g/mol. The molecule has 12 heteroatoms. The van der Waals surface area contributed by atoms with Crippen molar-refractivity contribution in [3.05, 3.63) is 29.8 Å². The Labute approximate surface area is 206 Å². The van der Waals surface area contributed by atoms with Gasteiger partial charge < -0.3 is 24.3 Å². The highest BCUT2D eigenvalue weighted by Crippen LogP contribution is 2.18. The number of rotatable bonds is 12. The van der Waals surface area contributed by atoms with E-state index in [1.807, 2.05) is 6.92 Å². The Kier molecular flexibility index (Phi) is 11.6. The summed E-state index contributed by atoms with van der Waals surface area (Å²) in [5, 5.41) is 2.51. The number of esters is 2. The number of carbonyl (C=O) groups is 3. The Morgan fingerprint density at radius 1 is 0.971 bits per heavy atom. The minimum Gasteiger partial charge on any atom is -0.468 e. The Hall–Kier alpha value is -2.70. The lowest BCUT2D eigenvalue weighted by atomic mass is 9.94. The lowest BCUT2D eigenvalue weighted by Crippen LogP contribution is -2.50. The van der Waals surface area contributed by atoms with Crippen LogP contribution in [0.1, 0.15) is 39.7 Å². The Balaban J connectivity index is 2.82. The lowest BCUT2D eigenvalue weighted by molar-refractivity contribution is -0.160.